The zero-order valence-corrected chi connectivity index (χ0v) is 10.4. The Balaban J connectivity index is 0.000000980. The van der Waals surface area contributed by atoms with Crippen LogP contribution in [0.2, 0.25) is 0 Å². The molecule has 0 radical (unpaired) electrons. The molecule has 0 amide bonds. The van der Waals surface area contributed by atoms with E-state index in [0.717, 1.165) is 18.5 Å². The minimum Gasteiger partial charge on any atom is -0.399 e. The predicted molar refractivity (Wildman–Crippen MR) is 69.9 cm³/mol. The fourth-order valence-corrected chi connectivity index (χ4v) is 1.89. The van der Waals surface area contributed by atoms with E-state index in [9.17, 15) is 0 Å². The van der Waals surface area contributed by atoms with Crippen LogP contribution in [0.15, 0.2) is 24.3 Å². The Bertz CT molecular complexity index is 313. The van der Waals surface area contributed by atoms with Gasteiger partial charge in [-0.25, -0.2) is 0 Å². The van der Waals surface area contributed by atoms with Crippen molar-refractivity contribution in [3.05, 3.63) is 29.8 Å². The number of anilines is 1. The highest BCUT2D eigenvalue weighted by Gasteiger charge is 2.49. The van der Waals surface area contributed by atoms with E-state index in [1.807, 2.05) is 12.1 Å². The summed E-state index contributed by atoms with van der Waals surface area (Å²) in [6, 6.07) is 8.07. The average molecular weight is 249 g/mol. The molecule has 4 N–H and O–H groups in total. The lowest BCUT2D eigenvalue weighted by atomic mass is 10.0. The van der Waals surface area contributed by atoms with E-state index in [-0.39, 0.29) is 30.4 Å². The molecule has 15 heavy (non-hydrogen) atoms. The van der Waals surface area contributed by atoms with Crippen molar-refractivity contribution in [2.45, 2.75) is 31.2 Å². The van der Waals surface area contributed by atoms with Gasteiger partial charge in [-0.15, -0.1) is 24.8 Å². The van der Waals surface area contributed by atoms with Gasteiger partial charge >= 0.3 is 0 Å². The SMILES string of the molecule is CC[C@]1(N)C[C@H]1c1ccc(N)cc1.Cl.Cl. The maximum atomic E-state index is 6.13. The second kappa shape index (κ2) is 5.06. The molecule has 0 saturated heterocycles. The number of hydrogen-bond acceptors (Lipinski definition) is 2. The van der Waals surface area contributed by atoms with Crippen molar-refractivity contribution < 1.29 is 0 Å². The van der Waals surface area contributed by atoms with E-state index in [1.54, 1.807) is 0 Å². The van der Waals surface area contributed by atoms with Gasteiger partial charge in [0, 0.05) is 17.1 Å². The summed E-state index contributed by atoms with van der Waals surface area (Å²) in [7, 11) is 0. The molecule has 2 rings (SSSR count). The minimum atomic E-state index is 0. The molecule has 1 aromatic carbocycles. The maximum absolute atomic E-state index is 6.13. The third-order valence-corrected chi connectivity index (χ3v) is 3.12. The van der Waals surface area contributed by atoms with Crippen molar-refractivity contribution in [2.75, 3.05) is 5.73 Å². The first-order valence-corrected chi connectivity index (χ1v) is 4.80. The Morgan fingerprint density at radius 1 is 1.27 bits per heavy atom. The molecule has 0 heterocycles. The molecule has 0 spiro atoms. The van der Waals surface area contributed by atoms with E-state index in [4.69, 9.17) is 11.5 Å². The van der Waals surface area contributed by atoms with Crippen molar-refractivity contribution in [1.29, 1.82) is 0 Å². The van der Waals surface area contributed by atoms with Gasteiger partial charge < -0.3 is 11.5 Å². The van der Waals surface area contributed by atoms with Crippen LogP contribution in [0.4, 0.5) is 5.69 Å². The van der Waals surface area contributed by atoms with E-state index in [2.05, 4.69) is 19.1 Å². The Labute approximate surface area is 103 Å². The summed E-state index contributed by atoms with van der Waals surface area (Å²) in [4.78, 5) is 0. The molecule has 1 aromatic rings. The number of benzene rings is 1. The highest BCUT2D eigenvalue weighted by molar-refractivity contribution is 5.85. The molecular formula is C11H18Cl2N2. The molecule has 0 aromatic heterocycles. The quantitative estimate of drug-likeness (QED) is 0.792. The van der Waals surface area contributed by atoms with Gasteiger partial charge in [0.25, 0.3) is 0 Å². The molecule has 0 bridgehead atoms. The first-order valence-electron chi connectivity index (χ1n) is 4.80. The highest BCUT2D eigenvalue weighted by atomic mass is 35.5. The Morgan fingerprint density at radius 2 is 1.80 bits per heavy atom. The van der Waals surface area contributed by atoms with Gasteiger partial charge in [0.2, 0.25) is 0 Å². The second-order valence-corrected chi connectivity index (χ2v) is 4.01. The summed E-state index contributed by atoms with van der Waals surface area (Å²) >= 11 is 0. The summed E-state index contributed by atoms with van der Waals surface area (Å²) in [6.45, 7) is 2.15. The third kappa shape index (κ3) is 2.77. The van der Waals surface area contributed by atoms with Crippen LogP contribution in [0.1, 0.15) is 31.2 Å². The van der Waals surface area contributed by atoms with Gasteiger partial charge in [-0.2, -0.15) is 0 Å². The largest absolute Gasteiger partial charge is 0.399 e. The van der Waals surface area contributed by atoms with Gasteiger partial charge in [-0.05, 0) is 30.5 Å². The Morgan fingerprint density at radius 3 is 2.20 bits per heavy atom. The smallest absolute Gasteiger partial charge is 0.0314 e. The van der Waals surface area contributed by atoms with Crippen molar-refractivity contribution in [2.24, 2.45) is 5.73 Å². The van der Waals surface area contributed by atoms with E-state index in [1.165, 1.54) is 5.56 Å². The summed E-state index contributed by atoms with van der Waals surface area (Å²) < 4.78 is 0. The fraction of sp³-hybridized carbons (Fsp3) is 0.455. The number of halogens is 2. The summed E-state index contributed by atoms with van der Waals surface area (Å²) in [6.07, 6.45) is 2.18. The lowest BCUT2D eigenvalue weighted by molar-refractivity contribution is 0.626. The van der Waals surface area contributed by atoms with Crippen LogP contribution in [-0.4, -0.2) is 5.54 Å². The standard InChI is InChI=1S/C11H16N2.2ClH/c1-2-11(13)7-10(11)8-3-5-9(12)6-4-8;;/h3-6,10H,2,7,12-13H2,1H3;2*1H/t10-,11-;;/m0../s1. The number of rotatable bonds is 2. The maximum Gasteiger partial charge on any atom is 0.0314 e. The van der Waals surface area contributed by atoms with E-state index < -0.39 is 0 Å². The average Bonchev–Trinajstić information content (AvgIpc) is 2.81. The van der Waals surface area contributed by atoms with Crippen molar-refractivity contribution in [1.82, 2.24) is 0 Å². The topological polar surface area (TPSA) is 52.0 Å². The zero-order chi connectivity index (χ0) is 9.47. The molecule has 86 valence electrons. The summed E-state index contributed by atoms with van der Waals surface area (Å²) in [5, 5.41) is 0. The number of nitrogen functional groups attached to an aromatic ring is 1. The van der Waals surface area contributed by atoms with Crippen LogP contribution in [0.25, 0.3) is 0 Å². The normalized spacial score (nSPS) is 27.5. The molecule has 1 fully saturated rings. The molecule has 4 heteroatoms. The molecule has 0 aliphatic heterocycles. The molecule has 1 saturated carbocycles. The number of hydrogen-bond donors (Lipinski definition) is 2. The first kappa shape index (κ1) is 14.6. The van der Waals surface area contributed by atoms with Gasteiger partial charge in [0.1, 0.15) is 0 Å². The number of nitrogens with two attached hydrogens (primary N) is 2. The summed E-state index contributed by atoms with van der Waals surface area (Å²) in [5.41, 5.74) is 14.0. The van der Waals surface area contributed by atoms with Crippen LogP contribution in [0.3, 0.4) is 0 Å². The van der Waals surface area contributed by atoms with Gasteiger partial charge in [0.05, 0.1) is 0 Å². The molecule has 2 nitrogen and oxygen atoms in total. The molecular weight excluding hydrogens is 231 g/mol. The monoisotopic (exact) mass is 248 g/mol. The minimum absolute atomic E-state index is 0. The second-order valence-electron chi connectivity index (χ2n) is 4.01. The summed E-state index contributed by atoms with van der Waals surface area (Å²) in [5.74, 6) is 0.554. The van der Waals surface area contributed by atoms with Gasteiger partial charge in [-0.3, -0.25) is 0 Å². The molecule has 1 aliphatic rings. The van der Waals surface area contributed by atoms with Crippen molar-refractivity contribution in [3.8, 4) is 0 Å². The fourth-order valence-electron chi connectivity index (χ4n) is 1.89. The van der Waals surface area contributed by atoms with E-state index >= 15 is 0 Å². The third-order valence-electron chi connectivity index (χ3n) is 3.12. The van der Waals surface area contributed by atoms with Gasteiger partial charge in [-0.1, -0.05) is 19.1 Å². The van der Waals surface area contributed by atoms with Crippen molar-refractivity contribution >= 4 is 30.5 Å². The van der Waals surface area contributed by atoms with Crippen LogP contribution < -0.4 is 11.5 Å². The van der Waals surface area contributed by atoms with Crippen LogP contribution in [-0.2, 0) is 0 Å². The van der Waals surface area contributed by atoms with Crippen LogP contribution >= 0.6 is 24.8 Å². The lowest BCUT2D eigenvalue weighted by Gasteiger charge is -2.07. The van der Waals surface area contributed by atoms with Gasteiger partial charge in [0.15, 0.2) is 0 Å². The molecule has 2 atom stereocenters. The highest BCUT2D eigenvalue weighted by Crippen LogP contribution is 2.51. The Hall–Kier alpha value is -0.440. The molecule has 0 unspecified atom stereocenters. The lowest BCUT2D eigenvalue weighted by Crippen LogP contribution is -2.22. The van der Waals surface area contributed by atoms with Crippen LogP contribution in [0.5, 0.6) is 0 Å². The van der Waals surface area contributed by atoms with E-state index in [0.29, 0.717) is 5.92 Å². The Kier molecular flexibility index (Phi) is 4.91. The molecule has 1 aliphatic carbocycles. The van der Waals surface area contributed by atoms with Crippen LogP contribution in [0, 0.1) is 0 Å². The predicted octanol–water partition coefficient (Wildman–Crippen LogP) is 2.71. The zero-order valence-electron chi connectivity index (χ0n) is 8.77. The van der Waals surface area contributed by atoms with Crippen molar-refractivity contribution in [3.63, 3.8) is 0 Å². The first-order chi connectivity index (χ1) is 6.15.